The Labute approximate surface area is 165 Å². The van der Waals surface area contributed by atoms with E-state index in [-0.39, 0.29) is 0 Å². The van der Waals surface area contributed by atoms with E-state index in [0.29, 0.717) is 11.7 Å². The molecule has 0 bridgehead atoms. The van der Waals surface area contributed by atoms with Gasteiger partial charge in [-0.1, -0.05) is 18.2 Å². The van der Waals surface area contributed by atoms with Crippen molar-refractivity contribution >= 4 is 22.7 Å². The van der Waals surface area contributed by atoms with Crippen LogP contribution in [0.25, 0.3) is 11.2 Å². The third kappa shape index (κ3) is 3.54. The van der Waals surface area contributed by atoms with E-state index in [1.54, 1.807) is 0 Å². The Kier molecular flexibility index (Phi) is 4.60. The summed E-state index contributed by atoms with van der Waals surface area (Å²) >= 11 is 0. The van der Waals surface area contributed by atoms with Gasteiger partial charge in [0.05, 0.1) is 6.33 Å². The molecule has 1 saturated carbocycles. The van der Waals surface area contributed by atoms with Crippen molar-refractivity contribution in [1.82, 2.24) is 24.4 Å². The van der Waals surface area contributed by atoms with Crippen molar-refractivity contribution in [1.29, 1.82) is 0 Å². The van der Waals surface area contributed by atoms with Crippen LogP contribution in [-0.2, 0) is 6.54 Å². The second kappa shape index (κ2) is 7.39. The van der Waals surface area contributed by atoms with E-state index in [2.05, 4.69) is 54.7 Å². The Bertz CT molecular complexity index is 940. The molecule has 7 heteroatoms. The van der Waals surface area contributed by atoms with Gasteiger partial charge in [-0.3, -0.25) is 4.90 Å². The number of aryl methyl sites for hydroxylation is 1. The molecule has 7 nitrogen and oxygen atoms in total. The van der Waals surface area contributed by atoms with Crippen molar-refractivity contribution in [3.63, 3.8) is 0 Å². The third-order valence-corrected chi connectivity index (χ3v) is 5.82. The Morgan fingerprint density at radius 2 is 1.75 bits per heavy atom. The summed E-state index contributed by atoms with van der Waals surface area (Å²) in [5, 5.41) is 0. The SMILES string of the molecule is Nc1nc(C2CC2)nc2c1ncn2CCCN1CCN(c2ccccc2)CC1. The topological polar surface area (TPSA) is 76.1 Å². The molecular formula is C21H27N7. The molecule has 146 valence electrons. The zero-order valence-corrected chi connectivity index (χ0v) is 16.2. The Balaban J connectivity index is 1.17. The number of hydrogen-bond acceptors (Lipinski definition) is 6. The van der Waals surface area contributed by atoms with E-state index in [4.69, 9.17) is 10.7 Å². The minimum Gasteiger partial charge on any atom is -0.382 e. The minimum atomic E-state index is 0.496. The van der Waals surface area contributed by atoms with Crippen molar-refractivity contribution in [3.05, 3.63) is 42.5 Å². The highest BCUT2D eigenvalue weighted by molar-refractivity contribution is 5.81. The Morgan fingerprint density at radius 1 is 0.964 bits per heavy atom. The zero-order valence-electron chi connectivity index (χ0n) is 16.2. The van der Waals surface area contributed by atoms with E-state index >= 15 is 0 Å². The molecule has 0 unspecified atom stereocenters. The zero-order chi connectivity index (χ0) is 18.9. The number of nitrogens with zero attached hydrogens (tertiary/aromatic N) is 6. The number of nitrogen functional groups attached to an aromatic ring is 1. The molecule has 2 aliphatic rings. The van der Waals surface area contributed by atoms with Crippen LogP contribution in [0.4, 0.5) is 11.5 Å². The molecule has 2 fully saturated rings. The number of benzene rings is 1. The standard InChI is InChI=1S/C21H27N7/c22-19-18-21(25-20(24-19)16-7-8-16)28(15-23-18)10-4-9-26-11-13-27(14-12-26)17-5-2-1-3-6-17/h1-3,5-6,15-16H,4,7-14H2,(H2,22,24,25). The fraction of sp³-hybridized carbons (Fsp3) is 0.476. The molecule has 2 aromatic heterocycles. The van der Waals surface area contributed by atoms with Crippen LogP contribution in [0.15, 0.2) is 36.7 Å². The van der Waals surface area contributed by atoms with Crippen LogP contribution in [-0.4, -0.2) is 57.1 Å². The maximum atomic E-state index is 6.10. The predicted molar refractivity (Wildman–Crippen MR) is 111 cm³/mol. The van der Waals surface area contributed by atoms with E-state index in [1.165, 1.54) is 18.5 Å². The lowest BCUT2D eigenvalue weighted by Gasteiger charge is -2.36. The van der Waals surface area contributed by atoms with Crippen molar-refractivity contribution in [3.8, 4) is 0 Å². The second-order valence-corrected chi connectivity index (χ2v) is 7.87. The van der Waals surface area contributed by atoms with Crippen LogP contribution in [0.2, 0.25) is 0 Å². The van der Waals surface area contributed by atoms with Crippen molar-refractivity contribution in [2.75, 3.05) is 43.4 Å². The highest BCUT2D eigenvalue weighted by atomic mass is 15.3. The number of fused-ring (bicyclic) bond motifs is 1. The lowest BCUT2D eigenvalue weighted by atomic mass is 10.2. The van der Waals surface area contributed by atoms with Crippen LogP contribution >= 0.6 is 0 Å². The number of aromatic nitrogens is 4. The van der Waals surface area contributed by atoms with E-state index in [0.717, 1.165) is 62.7 Å². The molecule has 0 spiro atoms. The van der Waals surface area contributed by atoms with E-state index in [1.807, 2.05) is 6.33 Å². The average Bonchev–Trinajstić information content (AvgIpc) is 3.51. The lowest BCUT2D eigenvalue weighted by molar-refractivity contribution is 0.251. The van der Waals surface area contributed by atoms with Crippen molar-refractivity contribution in [2.24, 2.45) is 0 Å². The molecule has 1 aliphatic carbocycles. The van der Waals surface area contributed by atoms with Crippen LogP contribution in [0.1, 0.15) is 31.0 Å². The highest BCUT2D eigenvalue weighted by Crippen LogP contribution is 2.38. The summed E-state index contributed by atoms with van der Waals surface area (Å²) in [5.74, 6) is 1.91. The molecule has 0 radical (unpaired) electrons. The van der Waals surface area contributed by atoms with Gasteiger partial charge in [0.25, 0.3) is 0 Å². The fourth-order valence-corrected chi connectivity index (χ4v) is 4.00. The first-order valence-electron chi connectivity index (χ1n) is 10.3. The summed E-state index contributed by atoms with van der Waals surface area (Å²) < 4.78 is 2.14. The number of rotatable bonds is 6. The monoisotopic (exact) mass is 377 g/mol. The van der Waals surface area contributed by atoms with Gasteiger partial charge >= 0.3 is 0 Å². The number of nitrogens with two attached hydrogens (primary N) is 1. The molecule has 3 heterocycles. The van der Waals surface area contributed by atoms with Gasteiger partial charge in [0.2, 0.25) is 0 Å². The molecule has 2 N–H and O–H groups in total. The molecule has 1 aliphatic heterocycles. The average molecular weight is 377 g/mol. The molecule has 28 heavy (non-hydrogen) atoms. The largest absolute Gasteiger partial charge is 0.382 e. The first kappa shape index (κ1) is 17.4. The van der Waals surface area contributed by atoms with Gasteiger partial charge in [-0.15, -0.1) is 0 Å². The maximum absolute atomic E-state index is 6.10. The summed E-state index contributed by atoms with van der Waals surface area (Å²) in [4.78, 5) is 18.7. The van der Waals surface area contributed by atoms with Gasteiger partial charge in [-0.25, -0.2) is 15.0 Å². The Hall–Kier alpha value is -2.67. The van der Waals surface area contributed by atoms with Gasteiger partial charge < -0.3 is 15.2 Å². The van der Waals surface area contributed by atoms with Crippen molar-refractivity contribution in [2.45, 2.75) is 31.7 Å². The second-order valence-electron chi connectivity index (χ2n) is 7.87. The molecule has 1 saturated heterocycles. The normalized spacial score (nSPS) is 18.1. The van der Waals surface area contributed by atoms with Gasteiger partial charge in [0.15, 0.2) is 11.5 Å². The van der Waals surface area contributed by atoms with Crippen LogP contribution < -0.4 is 10.6 Å². The van der Waals surface area contributed by atoms with Gasteiger partial charge in [0, 0.05) is 44.3 Å². The number of piperazine rings is 1. The Morgan fingerprint density at radius 3 is 2.50 bits per heavy atom. The number of hydrogen-bond donors (Lipinski definition) is 1. The molecule has 0 atom stereocenters. The fourth-order valence-electron chi connectivity index (χ4n) is 4.00. The number of anilines is 2. The minimum absolute atomic E-state index is 0.496. The van der Waals surface area contributed by atoms with Gasteiger partial charge in [-0.2, -0.15) is 0 Å². The maximum Gasteiger partial charge on any atom is 0.165 e. The number of para-hydroxylation sites is 1. The van der Waals surface area contributed by atoms with E-state index in [9.17, 15) is 0 Å². The summed E-state index contributed by atoms with van der Waals surface area (Å²) in [5.41, 5.74) is 9.06. The third-order valence-electron chi connectivity index (χ3n) is 5.82. The highest BCUT2D eigenvalue weighted by Gasteiger charge is 2.28. The molecular weight excluding hydrogens is 350 g/mol. The quantitative estimate of drug-likeness (QED) is 0.711. The molecule has 3 aromatic rings. The first-order chi connectivity index (χ1) is 13.8. The van der Waals surface area contributed by atoms with Gasteiger partial charge in [-0.05, 0) is 37.9 Å². The lowest BCUT2D eigenvalue weighted by Crippen LogP contribution is -2.46. The van der Waals surface area contributed by atoms with Crippen molar-refractivity contribution < 1.29 is 0 Å². The molecule has 5 rings (SSSR count). The predicted octanol–water partition coefficient (Wildman–Crippen LogP) is 2.50. The summed E-state index contributed by atoms with van der Waals surface area (Å²) in [6.45, 7) is 6.41. The summed E-state index contributed by atoms with van der Waals surface area (Å²) in [6, 6.07) is 10.7. The molecule has 0 amide bonds. The van der Waals surface area contributed by atoms with Gasteiger partial charge in [0.1, 0.15) is 11.3 Å². The summed E-state index contributed by atoms with van der Waals surface area (Å²) in [6.07, 6.45) is 5.29. The smallest absolute Gasteiger partial charge is 0.165 e. The summed E-state index contributed by atoms with van der Waals surface area (Å²) in [7, 11) is 0. The van der Waals surface area contributed by atoms with E-state index < -0.39 is 0 Å². The van der Waals surface area contributed by atoms with Crippen LogP contribution in [0, 0.1) is 0 Å². The first-order valence-corrected chi connectivity index (χ1v) is 10.3. The van der Waals surface area contributed by atoms with Crippen LogP contribution in [0.3, 0.4) is 0 Å². The number of imidazole rings is 1. The van der Waals surface area contributed by atoms with Crippen LogP contribution in [0.5, 0.6) is 0 Å². The molecule has 1 aromatic carbocycles.